The molecule has 0 unspecified atom stereocenters. The summed E-state index contributed by atoms with van der Waals surface area (Å²) >= 11 is 5.59. The van der Waals surface area contributed by atoms with E-state index >= 15 is 0 Å². The van der Waals surface area contributed by atoms with E-state index in [0.717, 1.165) is 16.9 Å². The molecule has 1 aromatic heterocycles. The molecule has 0 aliphatic carbocycles. The summed E-state index contributed by atoms with van der Waals surface area (Å²) in [6, 6.07) is 9.63. The average Bonchev–Trinajstić information content (AvgIpc) is 2.54. The second-order valence-electron chi connectivity index (χ2n) is 4.29. The van der Waals surface area contributed by atoms with E-state index in [1.165, 1.54) is 0 Å². The maximum absolute atomic E-state index is 5.72. The number of nitrogens with zero attached hydrogens (tertiary/aromatic N) is 1. The van der Waals surface area contributed by atoms with Gasteiger partial charge in [0, 0.05) is 24.1 Å². The van der Waals surface area contributed by atoms with Crippen LogP contribution in [0.25, 0.3) is 0 Å². The molecule has 0 fully saturated rings. The van der Waals surface area contributed by atoms with Crippen molar-refractivity contribution >= 4 is 11.6 Å². The molecular weight excluding hydrogens is 286 g/mol. The summed E-state index contributed by atoms with van der Waals surface area (Å²) in [7, 11) is 1.65. The van der Waals surface area contributed by atoms with Gasteiger partial charge in [-0.15, -0.1) is 11.6 Å². The zero-order chi connectivity index (χ0) is 14.9. The third kappa shape index (κ3) is 5.02. The van der Waals surface area contributed by atoms with Crippen LogP contribution in [-0.4, -0.2) is 18.0 Å². The van der Waals surface area contributed by atoms with Gasteiger partial charge in [0.05, 0.1) is 13.3 Å². The second-order valence-corrected chi connectivity index (χ2v) is 4.66. The number of ether oxygens (including phenoxy) is 2. The molecule has 0 atom stereocenters. The van der Waals surface area contributed by atoms with Gasteiger partial charge in [-0.2, -0.15) is 0 Å². The largest absolute Gasteiger partial charge is 0.497 e. The van der Waals surface area contributed by atoms with Crippen molar-refractivity contribution in [1.29, 1.82) is 0 Å². The van der Waals surface area contributed by atoms with Crippen molar-refractivity contribution < 1.29 is 9.47 Å². The van der Waals surface area contributed by atoms with Crippen LogP contribution < -0.4 is 9.47 Å². The van der Waals surface area contributed by atoms with Crippen LogP contribution in [0, 0.1) is 11.8 Å². The molecule has 2 rings (SSSR count). The Morgan fingerprint density at radius 1 is 1.14 bits per heavy atom. The normalized spacial score (nSPS) is 9.62. The molecule has 3 nitrogen and oxygen atoms in total. The third-order valence-electron chi connectivity index (χ3n) is 2.73. The smallest absolute Gasteiger partial charge is 0.139 e. The van der Waals surface area contributed by atoms with Crippen molar-refractivity contribution in [3.8, 4) is 23.3 Å². The van der Waals surface area contributed by atoms with Crippen molar-refractivity contribution in [3.63, 3.8) is 0 Å². The average molecular weight is 302 g/mol. The van der Waals surface area contributed by atoms with Crippen LogP contribution in [0.15, 0.2) is 42.7 Å². The predicted molar refractivity (Wildman–Crippen MR) is 83.8 cm³/mol. The summed E-state index contributed by atoms with van der Waals surface area (Å²) in [6.45, 7) is 0.476. The molecule has 2 aromatic rings. The number of alkyl halides is 1. The van der Waals surface area contributed by atoms with Crippen LogP contribution in [0.2, 0.25) is 0 Å². The van der Waals surface area contributed by atoms with Crippen molar-refractivity contribution in [2.45, 2.75) is 13.0 Å². The van der Waals surface area contributed by atoms with E-state index in [9.17, 15) is 0 Å². The first-order valence-electron chi connectivity index (χ1n) is 6.57. The van der Waals surface area contributed by atoms with Gasteiger partial charge in [0.25, 0.3) is 0 Å². The molecule has 108 valence electrons. The molecular formula is C17H16ClNO2. The van der Waals surface area contributed by atoms with E-state index in [4.69, 9.17) is 21.1 Å². The Morgan fingerprint density at radius 3 is 2.67 bits per heavy atom. The monoisotopic (exact) mass is 301 g/mol. The lowest BCUT2D eigenvalue weighted by Crippen LogP contribution is -1.96. The highest BCUT2D eigenvalue weighted by molar-refractivity contribution is 6.18. The topological polar surface area (TPSA) is 31.4 Å². The first-order chi connectivity index (χ1) is 10.3. The number of aromatic nitrogens is 1. The molecule has 1 aromatic carbocycles. The van der Waals surface area contributed by atoms with E-state index in [1.807, 2.05) is 30.3 Å². The third-order valence-corrected chi connectivity index (χ3v) is 2.92. The molecule has 1 heterocycles. The van der Waals surface area contributed by atoms with E-state index in [-0.39, 0.29) is 0 Å². The van der Waals surface area contributed by atoms with Gasteiger partial charge >= 0.3 is 0 Å². The van der Waals surface area contributed by atoms with Crippen molar-refractivity contribution in [3.05, 3.63) is 53.9 Å². The number of pyridine rings is 1. The Balaban J connectivity index is 1.96. The Kier molecular flexibility index (Phi) is 5.93. The summed E-state index contributed by atoms with van der Waals surface area (Å²) in [5.41, 5.74) is 1.89. The lowest BCUT2D eigenvalue weighted by atomic mass is 10.2. The molecule has 0 aliphatic heterocycles. The highest BCUT2D eigenvalue weighted by Crippen LogP contribution is 2.15. The maximum atomic E-state index is 5.72. The van der Waals surface area contributed by atoms with Gasteiger partial charge < -0.3 is 9.47 Å². The minimum absolute atomic E-state index is 0.476. The fourth-order valence-electron chi connectivity index (χ4n) is 1.67. The molecule has 0 saturated heterocycles. The number of methoxy groups -OCH3 is 1. The number of halogens is 1. The molecule has 0 N–H and O–H groups in total. The first kappa shape index (κ1) is 15.2. The molecule has 0 amide bonds. The van der Waals surface area contributed by atoms with Crippen molar-refractivity contribution in [2.24, 2.45) is 0 Å². The Hall–Kier alpha value is -2.18. The molecule has 0 radical (unpaired) electrons. The maximum Gasteiger partial charge on any atom is 0.139 e. The van der Waals surface area contributed by atoms with Crippen LogP contribution in [0.3, 0.4) is 0 Å². The first-order valence-corrected chi connectivity index (χ1v) is 7.11. The van der Waals surface area contributed by atoms with Crippen LogP contribution in [-0.2, 0) is 6.61 Å². The van der Waals surface area contributed by atoms with Crippen LogP contribution in [0.5, 0.6) is 11.5 Å². The molecule has 0 spiro atoms. The fourth-order valence-corrected chi connectivity index (χ4v) is 1.76. The minimum Gasteiger partial charge on any atom is -0.497 e. The van der Waals surface area contributed by atoms with Gasteiger partial charge in [-0.05, 0) is 23.8 Å². The van der Waals surface area contributed by atoms with Gasteiger partial charge in [-0.25, -0.2) is 0 Å². The summed E-state index contributed by atoms with van der Waals surface area (Å²) in [4.78, 5) is 4.12. The van der Waals surface area contributed by atoms with Crippen LogP contribution in [0.4, 0.5) is 0 Å². The zero-order valence-electron chi connectivity index (χ0n) is 11.8. The number of hydrogen-bond acceptors (Lipinski definition) is 3. The van der Waals surface area contributed by atoms with Crippen molar-refractivity contribution in [2.75, 3.05) is 13.0 Å². The fraction of sp³-hybridized carbons (Fsp3) is 0.235. The standard InChI is InChI=1S/C17H16ClNO2/c1-20-16-7-5-14(6-8-16)13-21-17-10-15(11-19-12-17)4-2-3-9-18/h5-8,10-12H,3,9,13H2,1H3. The summed E-state index contributed by atoms with van der Waals surface area (Å²) < 4.78 is 10.8. The molecule has 0 saturated carbocycles. The second kappa shape index (κ2) is 8.18. The van der Waals surface area contributed by atoms with E-state index in [0.29, 0.717) is 24.7 Å². The van der Waals surface area contributed by atoms with E-state index in [2.05, 4.69) is 16.8 Å². The molecule has 0 aliphatic rings. The summed E-state index contributed by atoms with van der Waals surface area (Å²) in [5.74, 6) is 8.04. The van der Waals surface area contributed by atoms with Gasteiger partial charge in [0.15, 0.2) is 0 Å². The highest BCUT2D eigenvalue weighted by atomic mass is 35.5. The van der Waals surface area contributed by atoms with Gasteiger partial charge in [0.1, 0.15) is 18.1 Å². The van der Waals surface area contributed by atoms with Crippen LogP contribution in [0.1, 0.15) is 17.5 Å². The molecule has 4 heteroatoms. The molecule has 0 bridgehead atoms. The Morgan fingerprint density at radius 2 is 1.95 bits per heavy atom. The van der Waals surface area contributed by atoms with Gasteiger partial charge in [0.2, 0.25) is 0 Å². The SMILES string of the molecule is COc1ccc(COc2cncc(C#CCCCl)c2)cc1. The highest BCUT2D eigenvalue weighted by Gasteiger charge is 1.98. The number of hydrogen-bond donors (Lipinski definition) is 0. The van der Waals surface area contributed by atoms with Gasteiger partial charge in [-0.3, -0.25) is 4.98 Å². The van der Waals surface area contributed by atoms with Crippen LogP contribution >= 0.6 is 11.6 Å². The summed E-state index contributed by atoms with van der Waals surface area (Å²) in [5, 5.41) is 0. The van der Waals surface area contributed by atoms with E-state index in [1.54, 1.807) is 19.5 Å². The molecule has 21 heavy (non-hydrogen) atoms. The lowest BCUT2D eigenvalue weighted by molar-refractivity contribution is 0.304. The van der Waals surface area contributed by atoms with Gasteiger partial charge in [-0.1, -0.05) is 24.0 Å². The van der Waals surface area contributed by atoms with E-state index < -0.39 is 0 Å². The minimum atomic E-state index is 0.476. The lowest BCUT2D eigenvalue weighted by Gasteiger charge is -2.07. The quantitative estimate of drug-likeness (QED) is 0.624. The Bertz CT molecular complexity index is 629. The Labute approximate surface area is 129 Å². The predicted octanol–water partition coefficient (Wildman–Crippen LogP) is 3.65. The van der Waals surface area contributed by atoms with Crippen molar-refractivity contribution in [1.82, 2.24) is 4.98 Å². The number of rotatable bonds is 5. The zero-order valence-corrected chi connectivity index (χ0v) is 12.6. The number of benzene rings is 1. The summed E-state index contributed by atoms with van der Waals surface area (Å²) in [6.07, 6.45) is 4.05.